The number of hydrogen-bond acceptors (Lipinski definition) is 6. The lowest BCUT2D eigenvalue weighted by molar-refractivity contribution is -0.127. The lowest BCUT2D eigenvalue weighted by Crippen LogP contribution is -2.48. The molecule has 166 valence electrons. The van der Waals surface area contributed by atoms with E-state index in [9.17, 15) is 9.18 Å². The number of ether oxygens (including phenoxy) is 2. The predicted molar refractivity (Wildman–Crippen MR) is 123 cm³/mol. The number of nitrogens with zero attached hydrogens (tertiary/aromatic N) is 3. The van der Waals surface area contributed by atoms with E-state index in [-0.39, 0.29) is 30.7 Å². The Morgan fingerprint density at radius 1 is 1.16 bits per heavy atom. The molecule has 2 aromatic carbocycles. The maximum atomic E-state index is 13.6. The Morgan fingerprint density at radius 3 is 2.65 bits per heavy atom. The van der Waals surface area contributed by atoms with Crippen molar-refractivity contribution in [2.24, 2.45) is 0 Å². The molecular formula is C22H25ClFN3O3S. The van der Waals surface area contributed by atoms with Gasteiger partial charge in [-0.3, -0.25) is 9.69 Å². The topological polar surface area (TPSA) is 54.9 Å². The number of rotatable bonds is 7. The van der Waals surface area contributed by atoms with E-state index in [1.807, 2.05) is 18.2 Å². The van der Waals surface area contributed by atoms with Gasteiger partial charge < -0.3 is 14.4 Å². The molecule has 0 saturated heterocycles. The van der Waals surface area contributed by atoms with E-state index < -0.39 is 6.10 Å². The number of likely N-dealkylation sites (N-methyl/N-ethyl adjacent to an activating group) is 1. The molecular weight excluding hydrogens is 441 g/mol. The van der Waals surface area contributed by atoms with E-state index in [1.165, 1.54) is 23.5 Å². The number of anilines is 1. The first-order chi connectivity index (χ1) is 14.6. The van der Waals surface area contributed by atoms with Crippen molar-refractivity contribution in [2.75, 3.05) is 37.7 Å². The van der Waals surface area contributed by atoms with Gasteiger partial charge >= 0.3 is 0 Å². The van der Waals surface area contributed by atoms with Gasteiger partial charge in [0, 0.05) is 13.1 Å². The second-order valence-electron chi connectivity index (χ2n) is 6.99. The highest BCUT2D eigenvalue weighted by atomic mass is 35.5. The van der Waals surface area contributed by atoms with E-state index >= 15 is 0 Å². The van der Waals surface area contributed by atoms with Gasteiger partial charge in [-0.2, -0.15) is 0 Å². The first-order valence-electron chi connectivity index (χ1n) is 10.1. The zero-order valence-electron chi connectivity index (χ0n) is 17.4. The molecule has 9 heteroatoms. The molecule has 0 bridgehead atoms. The fraction of sp³-hybridized carbons (Fsp3) is 0.364. The van der Waals surface area contributed by atoms with Crippen LogP contribution in [-0.2, 0) is 4.79 Å². The summed E-state index contributed by atoms with van der Waals surface area (Å²) in [5.74, 6) is 0.652. The number of benzene rings is 2. The third-order valence-corrected chi connectivity index (χ3v) is 6.20. The molecule has 1 aliphatic heterocycles. The van der Waals surface area contributed by atoms with Crippen LogP contribution in [0, 0.1) is 5.82 Å². The molecule has 0 spiro atoms. The van der Waals surface area contributed by atoms with Crippen LogP contribution in [0.4, 0.5) is 9.52 Å². The zero-order chi connectivity index (χ0) is 21.1. The number of para-hydroxylation sites is 2. The molecule has 2 heterocycles. The Labute approximate surface area is 191 Å². The Bertz CT molecular complexity index is 1040. The third kappa shape index (κ3) is 5.08. The molecule has 4 rings (SSSR count). The maximum Gasteiger partial charge on any atom is 0.273 e. The van der Waals surface area contributed by atoms with Crippen molar-refractivity contribution in [3.05, 3.63) is 48.3 Å². The van der Waals surface area contributed by atoms with Crippen LogP contribution in [0.3, 0.4) is 0 Å². The van der Waals surface area contributed by atoms with Crippen LogP contribution >= 0.6 is 23.7 Å². The average Bonchev–Trinajstić information content (AvgIpc) is 3.18. The smallest absolute Gasteiger partial charge is 0.273 e. The lowest BCUT2D eigenvalue weighted by Gasteiger charge is -2.30. The van der Waals surface area contributed by atoms with Gasteiger partial charge in [0.2, 0.25) is 6.10 Å². The van der Waals surface area contributed by atoms with Gasteiger partial charge in [-0.1, -0.05) is 37.3 Å². The van der Waals surface area contributed by atoms with Crippen LogP contribution in [-0.4, -0.2) is 54.7 Å². The van der Waals surface area contributed by atoms with Crippen LogP contribution in [0.2, 0.25) is 0 Å². The van der Waals surface area contributed by atoms with Crippen molar-refractivity contribution >= 4 is 45.0 Å². The number of aromatic nitrogens is 1. The van der Waals surface area contributed by atoms with E-state index in [0.29, 0.717) is 39.9 Å². The summed E-state index contributed by atoms with van der Waals surface area (Å²) in [5, 5.41) is 0.537. The highest BCUT2D eigenvalue weighted by molar-refractivity contribution is 7.22. The Hall–Kier alpha value is -2.42. The summed E-state index contributed by atoms with van der Waals surface area (Å²) in [4.78, 5) is 21.9. The van der Waals surface area contributed by atoms with Gasteiger partial charge in [0.25, 0.3) is 5.91 Å². The summed E-state index contributed by atoms with van der Waals surface area (Å²) in [6.45, 7) is 7.25. The molecule has 1 aromatic heterocycles. The summed E-state index contributed by atoms with van der Waals surface area (Å²) in [5.41, 5.74) is 0.670. The van der Waals surface area contributed by atoms with Crippen molar-refractivity contribution in [3.63, 3.8) is 0 Å². The predicted octanol–water partition coefficient (Wildman–Crippen LogP) is 4.37. The van der Waals surface area contributed by atoms with E-state index in [0.717, 1.165) is 13.1 Å². The monoisotopic (exact) mass is 465 g/mol. The molecule has 31 heavy (non-hydrogen) atoms. The second-order valence-corrected chi connectivity index (χ2v) is 8.00. The molecule has 1 aliphatic rings. The molecule has 0 aliphatic carbocycles. The third-order valence-electron chi connectivity index (χ3n) is 5.15. The fourth-order valence-corrected chi connectivity index (χ4v) is 4.42. The molecule has 1 unspecified atom stereocenters. The fourth-order valence-electron chi connectivity index (χ4n) is 3.40. The number of amides is 1. The van der Waals surface area contributed by atoms with Crippen molar-refractivity contribution < 1.29 is 18.7 Å². The van der Waals surface area contributed by atoms with Crippen LogP contribution in [0.25, 0.3) is 10.2 Å². The summed E-state index contributed by atoms with van der Waals surface area (Å²) in [7, 11) is 0. The molecule has 6 nitrogen and oxygen atoms in total. The highest BCUT2D eigenvalue weighted by Crippen LogP contribution is 2.33. The summed E-state index contributed by atoms with van der Waals surface area (Å²) in [6, 6.07) is 11.8. The molecule has 0 fully saturated rings. The number of hydrogen-bond donors (Lipinski definition) is 0. The zero-order valence-corrected chi connectivity index (χ0v) is 19.0. The minimum Gasteiger partial charge on any atom is -0.485 e. The van der Waals surface area contributed by atoms with Crippen LogP contribution in [0.5, 0.6) is 11.5 Å². The van der Waals surface area contributed by atoms with Gasteiger partial charge in [0.05, 0.1) is 10.2 Å². The van der Waals surface area contributed by atoms with Gasteiger partial charge in [-0.05, 0) is 43.4 Å². The molecule has 0 saturated carbocycles. The van der Waals surface area contributed by atoms with Gasteiger partial charge in [-0.25, -0.2) is 9.37 Å². The highest BCUT2D eigenvalue weighted by Gasteiger charge is 2.33. The minimum absolute atomic E-state index is 0. The minimum atomic E-state index is -0.764. The molecule has 0 radical (unpaired) electrons. The van der Waals surface area contributed by atoms with Crippen molar-refractivity contribution in [1.29, 1.82) is 0 Å². The second kappa shape index (κ2) is 10.3. The maximum absolute atomic E-state index is 13.6. The SMILES string of the molecule is CCN(CC)CCN(C(=O)C1COc2ccccc2O1)c1nc2ccc(F)cc2s1.Cl. The van der Waals surface area contributed by atoms with Gasteiger partial charge in [0.1, 0.15) is 12.4 Å². The molecule has 1 atom stereocenters. The Morgan fingerprint density at radius 2 is 1.90 bits per heavy atom. The van der Waals surface area contributed by atoms with E-state index in [1.54, 1.807) is 17.0 Å². The first kappa shape index (κ1) is 23.2. The Balaban J connectivity index is 0.00000272. The number of thiazole rings is 1. The quantitative estimate of drug-likeness (QED) is 0.518. The normalized spacial score (nSPS) is 15.0. The largest absolute Gasteiger partial charge is 0.485 e. The number of fused-ring (bicyclic) bond motifs is 2. The average molecular weight is 466 g/mol. The summed E-state index contributed by atoms with van der Waals surface area (Å²) in [6.07, 6.45) is -0.764. The van der Waals surface area contributed by atoms with E-state index in [2.05, 4.69) is 23.7 Å². The number of carbonyl (C=O) groups is 1. The van der Waals surface area contributed by atoms with Crippen LogP contribution in [0.15, 0.2) is 42.5 Å². The summed E-state index contributed by atoms with van der Waals surface area (Å²) >= 11 is 1.30. The van der Waals surface area contributed by atoms with Crippen molar-refractivity contribution in [3.8, 4) is 11.5 Å². The lowest BCUT2D eigenvalue weighted by atomic mass is 10.2. The van der Waals surface area contributed by atoms with Crippen molar-refractivity contribution in [2.45, 2.75) is 20.0 Å². The molecule has 0 N–H and O–H groups in total. The Kier molecular flexibility index (Phi) is 7.69. The molecule has 1 amide bonds. The number of halogens is 2. The van der Waals surface area contributed by atoms with E-state index in [4.69, 9.17) is 9.47 Å². The number of carbonyl (C=O) groups excluding carboxylic acids is 1. The van der Waals surface area contributed by atoms with Crippen LogP contribution in [0.1, 0.15) is 13.8 Å². The van der Waals surface area contributed by atoms with Crippen molar-refractivity contribution in [1.82, 2.24) is 9.88 Å². The van der Waals surface area contributed by atoms with Gasteiger partial charge in [0.15, 0.2) is 16.6 Å². The first-order valence-corrected chi connectivity index (χ1v) is 10.9. The standard InChI is InChI=1S/C22H24FN3O3S.ClH/c1-3-25(4-2)11-12-26(22-24-16-10-9-15(23)13-20(16)30-22)21(27)19-14-28-17-7-5-6-8-18(17)29-19;/h5-10,13,19H,3-4,11-12,14H2,1-2H3;1H. The van der Waals surface area contributed by atoms with Gasteiger partial charge in [-0.15, -0.1) is 12.4 Å². The summed E-state index contributed by atoms with van der Waals surface area (Å²) < 4.78 is 26.0. The molecule has 3 aromatic rings. The van der Waals surface area contributed by atoms with Crippen LogP contribution < -0.4 is 14.4 Å².